The molecule has 3 rings (SSSR count). The summed E-state index contributed by atoms with van der Waals surface area (Å²) in [4.78, 5) is 14.7. The van der Waals surface area contributed by atoms with Gasteiger partial charge in [-0.3, -0.25) is 9.69 Å². The number of nitrogens with zero attached hydrogens (tertiary/aromatic N) is 1. The molecule has 32 heavy (non-hydrogen) atoms. The lowest BCUT2D eigenvalue weighted by Gasteiger charge is -2.35. The van der Waals surface area contributed by atoms with Crippen molar-refractivity contribution in [3.8, 4) is 11.5 Å². The van der Waals surface area contributed by atoms with Gasteiger partial charge in [0.2, 0.25) is 0 Å². The second-order valence-corrected chi connectivity index (χ2v) is 8.24. The van der Waals surface area contributed by atoms with Crippen LogP contribution in [0.15, 0.2) is 48.5 Å². The Hall–Kier alpha value is -2.83. The van der Waals surface area contributed by atoms with Crippen LogP contribution < -0.4 is 14.8 Å². The maximum atomic E-state index is 12.2. The molecule has 0 aromatic heterocycles. The van der Waals surface area contributed by atoms with Gasteiger partial charge in [0.05, 0.1) is 19.3 Å². The standard InChI is InChI=1S/C26H34N2O4/c1-5-6-21-11-12-24(25(13-21)30-4)31-18-26(29)27-14-22-7-9-23(10-8-22)17-28-15-19(2)32-20(3)16-28/h5-13,19-20H,14-18H2,1-4H3,(H,27,29)/b6-5+. The molecule has 2 aromatic carbocycles. The summed E-state index contributed by atoms with van der Waals surface area (Å²) < 4.78 is 16.8. The second kappa shape index (κ2) is 11.7. The first-order valence-electron chi connectivity index (χ1n) is 11.1. The maximum Gasteiger partial charge on any atom is 0.258 e. The minimum atomic E-state index is -0.176. The van der Waals surface area contributed by atoms with E-state index in [1.165, 1.54) is 5.56 Å². The van der Waals surface area contributed by atoms with Gasteiger partial charge in [-0.1, -0.05) is 42.5 Å². The molecule has 1 aliphatic heterocycles. The Kier molecular flexibility index (Phi) is 8.71. The molecule has 0 saturated carbocycles. The predicted octanol–water partition coefficient (Wildman–Crippen LogP) is 4.03. The average Bonchev–Trinajstić information content (AvgIpc) is 2.77. The third-order valence-corrected chi connectivity index (χ3v) is 5.32. The van der Waals surface area contributed by atoms with Crippen molar-refractivity contribution >= 4 is 12.0 Å². The van der Waals surface area contributed by atoms with Crippen LogP contribution in [0.2, 0.25) is 0 Å². The second-order valence-electron chi connectivity index (χ2n) is 8.24. The molecule has 1 amide bonds. The van der Waals surface area contributed by atoms with E-state index in [4.69, 9.17) is 14.2 Å². The summed E-state index contributed by atoms with van der Waals surface area (Å²) in [7, 11) is 1.59. The topological polar surface area (TPSA) is 60.0 Å². The summed E-state index contributed by atoms with van der Waals surface area (Å²) in [5, 5.41) is 2.91. The highest BCUT2D eigenvalue weighted by molar-refractivity contribution is 5.77. The molecule has 2 unspecified atom stereocenters. The first-order chi connectivity index (χ1) is 15.5. The number of nitrogens with one attached hydrogen (secondary N) is 1. The van der Waals surface area contributed by atoms with Gasteiger partial charge in [0.1, 0.15) is 0 Å². The van der Waals surface area contributed by atoms with Gasteiger partial charge in [0, 0.05) is 26.2 Å². The number of hydrogen-bond donors (Lipinski definition) is 1. The van der Waals surface area contributed by atoms with Crippen molar-refractivity contribution in [2.24, 2.45) is 0 Å². The average molecular weight is 439 g/mol. The SMILES string of the molecule is C/C=C/c1ccc(OCC(=O)NCc2ccc(CN3CC(C)OC(C)C3)cc2)c(OC)c1. The van der Waals surface area contributed by atoms with Gasteiger partial charge in [-0.2, -0.15) is 0 Å². The quantitative estimate of drug-likeness (QED) is 0.641. The van der Waals surface area contributed by atoms with Gasteiger partial charge in [0.25, 0.3) is 5.91 Å². The molecule has 6 nitrogen and oxygen atoms in total. The highest BCUT2D eigenvalue weighted by Crippen LogP contribution is 2.28. The number of ether oxygens (including phenoxy) is 3. The van der Waals surface area contributed by atoms with Crippen LogP contribution in [0.25, 0.3) is 6.08 Å². The normalized spacial score (nSPS) is 19.1. The fraction of sp³-hybridized carbons (Fsp3) is 0.423. The minimum Gasteiger partial charge on any atom is -0.493 e. The van der Waals surface area contributed by atoms with Crippen LogP contribution in [0.4, 0.5) is 0 Å². The number of hydrogen-bond acceptors (Lipinski definition) is 5. The number of morpholine rings is 1. The van der Waals surface area contributed by atoms with Gasteiger partial charge in [-0.25, -0.2) is 0 Å². The summed E-state index contributed by atoms with van der Waals surface area (Å²) >= 11 is 0. The summed E-state index contributed by atoms with van der Waals surface area (Å²) in [6.45, 7) is 9.40. The third kappa shape index (κ3) is 7.11. The Morgan fingerprint density at radius 1 is 1.09 bits per heavy atom. The molecule has 0 aliphatic carbocycles. The summed E-state index contributed by atoms with van der Waals surface area (Å²) in [6, 6.07) is 14.0. The van der Waals surface area contributed by atoms with Crippen molar-refractivity contribution in [3.63, 3.8) is 0 Å². The fourth-order valence-electron chi connectivity index (χ4n) is 3.93. The summed E-state index contributed by atoms with van der Waals surface area (Å²) in [6.07, 6.45) is 4.47. The number of carbonyl (C=O) groups is 1. The van der Waals surface area contributed by atoms with Crippen LogP contribution in [-0.2, 0) is 22.6 Å². The van der Waals surface area contributed by atoms with E-state index >= 15 is 0 Å². The van der Waals surface area contributed by atoms with Crippen molar-refractivity contribution in [2.75, 3.05) is 26.8 Å². The van der Waals surface area contributed by atoms with Crippen LogP contribution in [0.3, 0.4) is 0 Å². The van der Waals surface area contributed by atoms with Crippen molar-refractivity contribution in [1.29, 1.82) is 0 Å². The fourth-order valence-corrected chi connectivity index (χ4v) is 3.93. The molecule has 172 valence electrons. The molecule has 0 spiro atoms. The Morgan fingerprint density at radius 3 is 2.44 bits per heavy atom. The molecule has 2 atom stereocenters. The van der Waals surface area contributed by atoms with Crippen molar-refractivity contribution in [3.05, 3.63) is 65.2 Å². The minimum absolute atomic E-state index is 0.0647. The lowest BCUT2D eigenvalue weighted by atomic mass is 10.1. The molecule has 0 radical (unpaired) electrons. The van der Waals surface area contributed by atoms with Gasteiger partial charge >= 0.3 is 0 Å². The zero-order valence-corrected chi connectivity index (χ0v) is 19.5. The highest BCUT2D eigenvalue weighted by atomic mass is 16.5. The van der Waals surface area contributed by atoms with E-state index in [0.717, 1.165) is 30.8 Å². The van der Waals surface area contributed by atoms with Crippen LogP contribution in [0.5, 0.6) is 11.5 Å². The van der Waals surface area contributed by atoms with E-state index in [2.05, 4.69) is 48.3 Å². The molecule has 0 bridgehead atoms. The molecule has 1 heterocycles. The lowest BCUT2D eigenvalue weighted by molar-refractivity contribution is -0.123. The molecule has 1 N–H and O–H groups in total. The number of rotatable bonds is 9. The van der Waals surface area contributed by atoms with Crippen molar-refractivity contribution in [2.45, 2.75) is 46.1 Å². The number of methoxy groups -OCH3 is 1. The Balaban J connectivity index is 1.45. The maximum absolute atomic E-state index is 12.2. The van der Waals surface area contributed by atoms with Crippen LogP contribution in [0.1, 0.15) is 37.5 Å². The number of carbonyl (C=O) groups excluding carboxylic acids is 1. The number of allylic oxidation sites excluding steroid dienone is 1. The van der Waals surface area contributed by atoms with Gasteiger partial charge in [0.15, 0.2) is 18.1 Å². The molecule has 1 fully saturated rings. The zero-order chi connectivity index (χ0) is 22.9. The molecule has 6 heteroatoms. The molecule has 1 aliphatic rings. The first kappa shape index (κ1) is 23.8. The molecule has 1 saturated heterocycles. The first-order valence-corrected chi connectivity index (χ1v) is 11.1. The van der Waals surface area contributed by atoms with E-state index < -0.39 is 0 Å². The monoisotopic (exact) mass is 438 g/mol. The Labute approximate surface area is 191 Å². The largest absolute Gasteiger partial charge is 0.493 e. The third-order valence-electron chi connectivity index (χ3n) is 5.32. The van der Waals surface area contributed by atoms with Crippen molar-refractivity contribution in [1.82, 2.24) is 10.2 Å². The Morgan fingerprint density at radius 2 is 1.78 bits per heavy atom. The summed E-state index contributed by atoms with van der Waals surface area (Å²) in [5.74, 6) is 0.977. The predicted molar refractivity (Wildman–Crippen MR) is 127 cm³/mol. The van der Waals surface area contributed by atoms with Crippen LogP contribution >= 0.6 is 0 Å². The smallest absolute Gasteiger partial charge is 0.258 e. The Bertz CT molecular complexity index is 901. The van der Waals surface area contributed by atoms with E-state index in [-0.39, 0.29) is 24.7 Å². The highest BCUT2D eigenvalue weighted by Gasteiger charge is 2.21. The van der Waals surface area contributed by atoms with Crippen LogP contribution in [0, 0.1) is 0 Å². The van der Waals surface area contributed by atoms with Gasteiger partial charge in [-0.05, 0) is 49.6 Å². The molecular weight excluding hydrogens is 404 g/mol. The van der Waals surface area contributed by atoms with Crippen molar-refractivity contribution < 1.29 is 19.0 Å². The van der Waals surface area contributed by atoms with E-state index in [1.807, 2.05) is 37.3 Å². The van der Waals surface area contributed by atoms with E-state index in [1.54, 1.807) is 7.11 Å². The zero-order valence-electron chi connectivity index (χ0n) is 19.5. The molecular formula is C26H34N2O4. The van der Waals surface area contributed by atoms with E-state index in [0.29, 0.717) is 18.0 Å². The van der Waals surface area contributed by atoms with Gasteiger partial charge in [-0.15, -0.1) is 0 Å². The number of amides is 1. The molecule has 2 aromatic rings. The van der Waals surface area contributed by atoms with Gasteiger partial charge < -0.3 is 19.5 Å². The summed E-state index contributed by atoms with van der Waals surface area (Å²) in [5.41, 5.74) is 3.33. The van der Waals surface area contributed by atoms with Crippen LogP contribution in [-0.4, -0.2) is 49.8 Å². The number of benzene rings is 2. The lowest BCUT2D eigenvalue weighted by Crippen LogP contribution is -2.44. The van der Waals surface area contributed by atoms with E-state index in [9.17, 15) is 4.79 Å².